The standard InChI is InChI=1S/C9H10BrNO2S/c10-7-1-2-14-8(7)5-3-11-4-6(5)9(12)13/h1-2,5-6,11H,3-4H2,(H,12,13). The van der Waals surface area contributed by atoms with Gasteiger partial charge in [0.2, 0.25) is 0 Å². The van der Waals surface area contributed by atoms with E-state index in [2.05, 4.69) is 21.2 Å². The molecule has 0 spiro atoms. The van der Waals surface area contributed by atoms with Crippen LogP contribution in [0.4, 0.5) is 0 Å². The minimum atomic E-state index is -0.708. The second-order valence-electron chi connectivity index (χ2n) is 3.34. The third-order valence-electron chi connectivity index (χ3n) is 2.51. The Labute approximate surface area is 94.3 Å². The zero-order chi connectivity index (χ0) is 10.1. The minimum Gasteiger partial charge on any atom is -0.481 e. The molecule has 3 nitrogen and oxygen atoms in total. The summed E-state index contributed by atoms with van der Waals surface area (Å²) in [6.07, 6.45) is 0. The third-order valence-corrected chi connectivity index (χ3v) is 4.52. The molecule has 2 heterocycles. The summed E-state index contributed by atoms with van der Waals surface area (Å²) in [6, 6.07) is 1.97. The Morgan fingerprint density at radius 2 is 2.43 bits per heavy atom. The monoisotopic (exact) mass is 275 g/mol. The average molecular weight is 276 g/mol. The number of nitrogens with one attached hydrogen (secondary N) is 1. The number of carbonyl (C=O) groups is 1. The van der Waals surface area contributed by atoms with Gasteiger partial charge in [-0.25, -0.2) is 0 Å². The van der Waals surface area contributed by atoms with Crippen LogP contribution in [0.25, 0.3) is 0 Å². The summed E-state index contributed by atoms with van der Waals surface area (Å²) in [5.74, 6) is -0.882. The molecule has 14 heavy (non-hydrogen) atoms. The molecule has 1 aromatic rings. The Morgan fingerprint density at radius 3 is 3.00 bits per heavy atom. The number of halogens is 1. The van der Waals surface area contributed by atoms with Gasteiger partial charge in [0.25, 0.3) is 0 Å². The Hall–Kier alpha value is -0.390. The van der Waals surface area contributed by atoms with Crippen LogP contribution >= 0.6 is 27.3 Å². The van der Waals surface area contributed by atoms with Crippen LogP contribution in [0.5, 0.6) is 0 Å². The molecule has 0 bridgehead atoms. The molecule has 1 fully saturated rings. The predicted molar refractivity (Wildman–Crippen MR) is 58.8 cm³/mol. The molecular formula is C9H10BrNO2S. The molecule has 1 aliphatic rings. The van der Waals surface area contributed by atoms with Crippen molar-refractivity contribution in [1.29, 1.82) is 0 Å². The van der Waals surface area contributed by atoms with Crippen molar-refractivity contribution in [2.75, 3.05) is 13.1 Å². The second kappa shape index (κ2) is 4.00. The molecule has 0 aliphatic carbocycles. The van der Waals surface area contributed by atoms with Gasteiger partial charge in [-0.3, -0.25) is 4.79 Å². The lowest BCUT2D eigenvalue weighted by atomic mass is 9.95. The van der Waals surface area contributed by atoms with Crippen molar-refractivity contribution in [2.45, 2.75) is 5.92 Å². The van der Waals surface area contributed by atoms with Gasteiger partial charge < -0.3 is 10.4 Å². The van der Waals surface area contributed by atoms with Crippen molar-refractivity contribution in [3.05, 3.63) is 20.8 Å². The highest BCUT2D eigenvalue weighted by atomic mass is 79.9. The van der Waals surface area contributed by atoms with Crippen LogP contribution in [0.2, 0.25) is 0 Å². The molecule has 2 rings (SSSR count). The largest absolute Gasteiger partial charge is 0.481 e. The van der Waals surface area contributed by atoms with Crippen molar-refractivity contribution in [1.82, 2.24) is 5.32 Å². The predicted octanol–water partition coefficient (Wildman–Crippen LogP) is 1.90. The van der Waals surface area contributed by atoms with Crippen LogP contribution in [-0.4, -0.2) is 24.2 Å². The average Bonchev–Trinajstić information content (AvgIpc) is 2.70. The number of aliphatic carboxylic acids is 1. The quantitative estimate of drug-likeness (QED) is 0.867. The van der Waals surface area contributed by atoms with Gasteiger partial charge in [-0.2, -0.15) is 0 Å². The molecule has 0 aromatic carbocycles. The third kappa shape index (κ3) is 1.71. The van der Waals surface area contributed by atoms with Crippen LogP contribution in [0, 0.1) is 5.92 Å². The minimum absolute atomic E-state index is 0.113. The lowest BCUT2D eigenvalue weighted by molar-refractivity contribution is -0.141. The molecule has 0 amide bonds. The normalized spacial score (nSPS) is 26.6. The molecule has 5 heteroatoms. The molecule has 1 aromatic heterocycles. The number of rotatable bonds is 2. The molecular weight excluding hydrogens is 266 g/mol. The van der Waals surface area contributed by atoms with Gasteiger partial charge in [-0.1, -0.05) is 0 Å². The SMILES string of the molecule is O=C(O)C1CNCC1c1sccc1Br. The summed E-state index contributed by atoms with van der Waals surface area (Å²) < 4.78 is 1.03. The first kappa shape index (κ1) is 10.1. The first-order chi connectivity index (χ1) is 6.70. The number of thiophene rings is 1. The fourth-order valence-corrected chi connectivity index (χ4v) is 3.62. The van der Waals surface area contributed by atoms with E-state index in [1.165, 1.54) is 0 Å². The van der Waals surface area contributed by atoms with E-state index in [4.69, 9.17) is 5.11 Å². The summed E-state index contributed by atoms with van der Waals surface area (Å²) in [6.45, 7) is 1.33. The summed E-state index contributed by atoms with van der Waals surface area (Å²) in [5, 5.41) is 14.1. The van der Waals surface area contributed by atoms with Crippen molar-refractivity contribution in [3.63, 3.8) is 0 Å². The van der Waals surface area contributed by atoms with Crippen molar-refractivity contribution >= 4 is 33.2 Å². The maximum Gasteiger partial charge on any atom is 0.308 e. The van der Waals surface area contributed by atoms with E-state index < -0.39 is 5.97 Å². The molecule has 0 saturated carbocycles. The number of carboxylic acid groups (broad SMARTS) is 1. The van der Waals surface area contributed by atoms with Gasteiger partial charge in [0.15, 0.2) is 0 Å². The maximum atomic E-state index is 11.0. The molecule has 2 unspecified atom stereocenters. The van der Waals surface area contributed by atoms with E-state index in [1.54, 1.807) is 11.3 Å². The highest BCUT2D eigenvalue weighted by molar-refractivity contribution is 9.10. The molecule has 2 atom stereocenters. The van der Waals surface area contributed by atoms with Crippen molar-refractivity contribution in [3.8, 4) is 0 Å². The number of hydrogen-bond acceptors (Lipinski definition) is 3. The lowest BCUT2D eigenvalue weighted by Crippen LogP contribution is -2.20. The van der Waals surface area contributed by atoms with Gasteiger partial charge in [0.1, 0.15) is 0 Å². The van der Waals surface area contributed by atoms with E-state index in [9.17, 15) is 4.79 Å². The van der Waals surface area contributed by atoms with E-state index in [0.717, 1.165) is 15.9 Å². The first-order valence-corrected chi connectivity index (χ1v) is 6.04. The zero-order valence-electron chi connectivity index (χ0n) is 7.37. The molecule has 1 saturated heterocycles. The maximum absolute atomic E-state index is 11.0. The summed E-state index contributed by atoms with van der Waals surface area (Å²) in [5.41, 5.74) is 0. The van der Waals surface area contributed by atoms with Gasteiger partial charge in [-0.15, -0.1) is 11.3 Å². The second-order valence-corrected chi connectivity index (χ2v) is 5.14. The summed E-state index contributed by atoms with van der Waals surface area (Å²) >= 11 is 5.06. The van der Waals surface area contributed by atoms with E-state index in [1.807, 2.05) is 11.4 Å². The molecule has 0 radical (unpaired) electrons. The van der Waals surface area contributed by atoms with Crippen LogP contribution < -0.4 is 5.32 Å². The smallest absolute Gasteiger partial charge is 0.308 e. The molecule has 2 N–H and O–H groups in total. The fourth-order valence-electron chi connectivity index (χ4n) is 1.78. The lowest BCUT2D eigenvalue weighted by Gasteiger charge is -2.13. The van der Waals surface area contributed by atoms with E-state index in [0.29, 0.717) is 6.54 Å². The number of carboxylic acids is 1. The Kier molecular flexibility index (Phi) is 2.90. The van der Waals surface area contributed by atoms with Crippen LogP contribution in [0.1, 0.15) is 10.8 Å². The van der Waals surface area contributed by atoms with Crippen LogP contribution in [0.3, 0.4) is 0 Å². The van der Waals surface area contributed by atoms with Crippen molar-refractivity contribution in [2.24, 2.45) is 5.92 Å². The van der Waals surface area contributed by atoms with Crippen LogP contribution in [-0.2, 0) is 4.79 Å². The van der Waals surface area contributed by atoms with E-state index in [-0.39, 0.29) is 11.8 Å². The van der Waals surface area contributed by atoms with Crippen LogP contribution in [0.15, 0.2) is 15.9 Å². The fraction of sp³-hybridized carbons (Fsp3) is 0.444. The Balaban J connectivity index is 2.26. The highest BCUT2D eigenvalue weighted by Crippen LogP contribution is 2.36. The number of hydrogen-bond donors (Lipinski definition) is 2. The molecule has 76 valence electrons. The molecule has 1 aliphatic heterocycles. The van der Waals surface area contributed by atoms with E-state index >= 15 is 0 Å². The van der Waals surface area contributed by atoms with Crippen molar-refractivity contribution < 1.29 is 9.90 Å². The van der Waals surface area contributed by atoms with Gasteiger partial charge in [0.05, 0.1) is 5.92 Å². The first-order valence-electron chi connectivity index (χ1n) is 4.36. The van der Waals surface area contributed by atoms with Gasteiger partial charge >= 0.3 is 5.97 Å². The van der Waals surface area contributed by atoms with Gasteiger partial charge in [-0.05, 0) is 27.4 Å². The Bertz CT molecular complexity index is 352. The highest BCUT2D eigenvalue weighted by Gasteiger charge is 2.35. The van der Waals surface area contributed by atoms with Gasteiger partial charge in [0, 0.05) is 28.4 Å². The summed E-state index contributed by atoms with van der Waals surface area (Å²) in [7, 11) is 0. The topological polar surface area (TPSA) is 49.3 Å². The summed E-state index contributed by atoms with van der Waals surface area (Å²) in [4.78, 5) is 12.1. The zero-order valence-corrected chi connectivity index (χ0v) is 9.77. The Morgan fingerprint density at radius 1 is 1.64 bits per heavy atom.